The minimum Gasteiger partial charge on any atom is -0.373 e. The molecule has 2 heterocycles. The fraction of sp³-hybridized carbons (Fsp3) is 0.500. The molecular weight excluding hydrogens is 242 g/mol. The third-order valence-corrected chi connectivity index (χ3v) is 3.17. The van der Waals surface area contributed by atoms with E-state index < -0.39 is 0 Å². The molecule has 0 atom stereocenters. The first-order chi connectivity index (χ1) is 9.26. The summed E-state index contributed by atoms with van der Waals surface area (Å²) in [6, 6.07) is 1.91. The van der Waals surface area contributed by atoms with Crippen molar-refractivity contribution in [2.24, 2.45) is 7.05 Å². The van der Waals surface area contributed by atoms with Crippen LogP contribution >= 0.6 is 0 Å². The van der Waals surface area contributed by atoms with Gasteiger partial charge in [0, 0.05) is 26.1 Å². The summed E-state index contributed by atoms with van der Waals surface area (Å²) in [7, 11) is 3.79. The second-order valence-corrected chi connectivity index (χ2v) is 4.73. The molecule has 2 aromatic rings. The van der Waals surface area contributed by atoms with Gasteiger partial charge in [0.15, 0.2) is 5.82 Å². The number of hydrogen-bond donors (Lipinski definition) is 2. The van der Waals surface area contributed by atoms with E-state index in [1.807, 2.05) is 24.7 Å². The SMILES string of the molecule is CNc1cc(NCc2nncn2C)nc(C2CC2)n1. The lowest BCUT2D eigenvalue weighted by Crippen LogP contribution is -2.09. The lowest BCUT2D eigenvalue weighted by Gasteiger charge is -2.09. The van der Waals surface area contributed by atoms with E-state index in [-0.39, 0.29) is 0 Å². The standard InChI is InChI=1S/C12H17N7/c1-13-9-5-10(17-12(16-9)8-3-4-8)14-6-11-18-15-7-19(11)2/h5,7-8H,3-4,6H2,1-2H3,(H2,13,14,16,17). The molecule has 0 aromatic carbocycles. The minimum absolute atomic E-state index is 0.531. The molecule has 0 bridgehead atoms. The highest BCUT2D eigenvalue weighted by atomic mass is 15.3. The van der Waals surface area contributed by atoms with Crippen molar-refractivity contribution < 1.29 is 0 Å². The van der Waals surface area contributed by atoms with E-state index in [0.717, 1.165) is 23.3 Å². The highest BCUT2D eigenvalue weighted by Crippen LogP contribution is 2.38. The number of anilines is 2. The molecule has 3 rings (SSSR count). The molecule has 1 aliphatic carbocycles. The Kier molecular flexibility index (Phi) is 3.02. The molecule has 0 spiro atoms. The fourth-order valence-corrected chi connectivity index (χ4v) is 1.85. The largest absolute Gasteiger partial charge is 0.373 e. The van der Waals surface area contributed by atoms with E-state index in [1.165, 1.54) is 12.8 Å². The number of rotatable bonds is 5. The van der Waals surface area contributed by atoms with Gasteiger partial charge in [-0.25, -0.2) is 9.97 Å². The summed E-state index contributed by atoms with van der Waals surface area (Å²) in [6.07, 6.45) is 4.07. The smallest absolute Gasteiger partial charge is 0.151 e. The Morgan fingerprint density at radius 2 is 2.11 bits per heavy atom. The van der Waals surface area contributed by atoms with Crippen LogP contribution in [0.4, 0.5) is 11.6 Å². The average molecular weight is 259 g/mol. The molecule has 2 aromatic heterocycles. The first-order valence-corrected chi connectivity index (χ1v) is 6.39. The van der Waals surface area contributed by atoms with Crippen molar-refractivity contribution in [1.29, 1.82) is 0 Å². The number of nitrogens with one attached hydrogen (secondary N) is 2. The van der Waals surface area contributed by atoms with Gasteiger partial charge in [-0.3, -0.25) is 0 Å². The molecule has 7 nitrogen and oxygen atoms in total. The molecule has 1 saturated carbocycles. The third-order valence-electron chi connectivity index (χ3n) is 3.17. The van der Waals surface area contributed by atoms with Gasteiger partial charge in [0.25, 0.3) is 0 Å². The van der Waals surface area contributed by atoms with E-state index in [2.05, 4.69) is 30.8 Å². The lowest BCUT2D eigenvalue weighted by molar-refractivity contribution is 0.807. The van der Waals surface area contributed by atoms with E-state index in [9.17, 15) is 0 Å². The molecule has 19 heavy (non-hydrogen) atoms. The van der Waals surface area contributed by atoms with Crippen molar-refractivity contribution in [3.05, 3.63) is 24.0 Å². The van der Waals surface area contributed by atoms with Gasteiger partial charge in [0.05, 0.1) is 6.54 Å². The fourth-order valence-electron chi connectivity index (χ4n) is 1.85. The van der Waals surface area contributed by atoms with Crippen molar-refractivity contribution in [2.75, 3.05) is 17.7 Å². The zero-order valence-corrected chi connectivity index (χ0v) is 11.1. The average Bonchev–Trinajstić information content (AvgIpc) is 3.20. The Hall–Kier alpha value is -2.18. The van der Waals surface area contributed by atoms with Crippen LogP contribution in [0.1, 0.15) is 30.4 Å². The Labute approximate surface area is 111 Å². The van der Waals surface area contributed by atoms with Crippen LogP contribution in [0, 0.1) is 0 Å². The molecule has 100 valence electrons. The number of aryl methyl sites for hydroxylation is 1. The maximum atomic E-state index is 4.55. The molecule has 1 fully saturated rings. The van der Waals surface area contributed by atoms with Crippen LogP contribution < -0.4 is 10.6 Å². The predicted octanol–water partition coefficient (Wildman–Crippen LogP) is 1.14. The molecule has 0 aliphatic heterocycles. The van der Waals surface area contributed by atoms with E-state index >= 15 is 0 Å². The second-order valence-electron chi connectivity index (χ2n) is 4.73. The van der Waals surface area contributed by atoms with Crippen LogP contribution in [-0.4, -0.2) is 31.8 Å². The van der Waals surface area contributed by atoms with Crippen LogP contribution in [0.2, 0.25) is 0 Å². The summed E-state index contributed by atoms with van der Waals surface area (Å²) in [5.41, 5.74) is 0. The van der Waals surface area contributed by atoms with Gasteiger partial charge in [-0.1, -0.05) is 0 Å². The van der Waals surface area contributed by atoms with Gasteiger partial charge < -0.3 is 15.2 Å². The van der Waals surface area contributed by atoms with Crippen LogP contribution in [0.25, 0.3) is 0 Å². The van der Waals surface area contributed by atoms with Crippen molar-refractivity contribution in [2.45, 2.75) is 25.3 Å². The summed E-state index contributed by atoms with van der Waals surface area (Å²) in [5.74, 6) is 4.00. The Balaban J connectivity index is 1.76. The molecule has 2 N–H and O–H groups in total. The zero-order valence-electron chi connectivity index (χ0n) is 11.1. The molecule has 0 unspecified atom stereocenters. The highest BCUT2D eigenvalue weighted by Gasteiger charge is 2.27. The summed E-state index contributed by atoms with van der Waals surface area (Å²) < 4.78 is 1.88. The van der Waals surface area contributed by atoms with Crippen molar-refractivity contribution >= 4 is 11.6 Å². The summed E-state index contributed by atoms with van der Waals surface area (Å²) in [5, 5.41) is 14.2. The van der Waals surface area contributed by atoms with E-state index in [4.69, 9.17) is 0 Å². The van der Waals surface area contributed by atoms with E-state index in [0.29, 0.717) is 12.5 Å². The Morgan fingerprint density at radius 3 is 2.74 bits per heavy atom. The van der Waals surface area contributed by atoms with Crippen LogP contribution in [0.5, 0.6) is 0 Å². The van der Waals surface area contributed by atoms with Crippen LogP contribution in [0.15, 0.2) is 12.4 Å². The molecular formula is C12H17N7. The molecule has 1 aliphatic rings. The van der Waals surface area contributed by atoms with Gasteiger partial charge in [-0.15, -0.1) is 10.2 Å². The van der Waals surface area contributed by atoms with Crippen molar-refractivity contribution in [3.8, 4) is 0 Å². The zero-order chi connectivity index (χ0) is 13.2. The van der Waals surface area contributed by atoms with Gasteiger partial charge >= 0.3 is 0 Å². The highest BCUT2D eigenvalue weighted by molar-refractivity contribution is 5.47. The quantitative estimate of drug-likeness (QED) is 0.838. The molecule has 0 amide bonds. The maximum Gasteiger partial charge on any atom is 0.151 e. The molecule has 7 heteroatoms. The lowest BCUT2D eigenvalue weighted by atomic mass is 10.3. The maximum absolute atomic E-state index is 4.55. The Bertz CT molecular complexity index is 573. The number of nitrogens with zero attached hydrogens (tertiary/aromatic N) is 5. The number of hydrogen-bond acceptors (Lipinski definition) is 6. The topological polar surface area (TPSA) is 80.5 Å². The van der Waals surface area contributed by atoms with Crippen molar-refractivity contribution in [3.63, 3.8) is 0 Å². The Morgan fingerprint density at radius 1 is 1.32 bits per heavy atom. The van der Waals surface area contributed by atoms with Crippen LogP contribution in [0.3, 0.4) is 0 Å². The third kappa shape index (κ3) is 2.64. The first-order valence-electron chi connectivity index (χ1n) is 6.39. The van der Waals surface area contributed by atoms with Gasteiger partial charge in [0.1, 0.15) is 23.8 Å². The van der Waals surface area contributed by atoms with Gasteiger partial charge in [-0.05, 0) is 12.8 Å². The monoisotopic (exact) mass is 259 g/mol. The van der Waals surface area contributed by atoms with Crippen molar-refractivity contribution in [1.82, 2.24) is 24.7 Å². The predicted molar refractivity (Wildman–Crippen MR) is 71.9 cm³/mol. The van der Waals surface area contributed by atoms with E-state index in [1.54, 1.807) is 6.33 Å². The van der Waals surface area contributed by atoms with Gasteiger partial charge in [-0.2, -0.15) is 0 Å². The second kappa shape index (κ2) is 4.83. The first kappa shape index (κ1) is 11.9. The summed E-state index contributed by atoms with van der Waals surface area (Å²) in [6.45, 7) is 0.598. The minimum atomic E-state index is 0.531. The molecule has 0 radical (unpaired) electrons. The summed E-state index contributed by atoms with van der Waals surface area (Å²) in [4.78, 5) is 9.03. The van der Waals surface area contributed by atoms with Crippen LogP contribution in [-0.2, 0) is 13.6 Å². The molecule has 0 saturated heterocycles. The number of aromatic nitrogens is 5. The normalized spacial score (nSPS) is 14.4. The summed E-state index contributed by atoms with van der Waals surface area (Å²) >= 11 is 0. The van der Waals surface area contributed by atoms with Gasteiger partial charge in [0.2, 0.25) is 0 Å².